The first kappa shape index (κ1) is 9.06. The van der Waals surface area contributed by atoms with Crippen LogP contribution in [0.5, 0.6) is 0 Å². The Hall–Kier alpha value is -1.03. The highest BCUT2D eigenvalue weighted by atomic mass is 15.3. The Kier molecular flexibility index (Phi) is 3.10. The number of nitrogens with two attached hydrogens (primary N) is 1. The van der Waals surface area contributed by atoms with Gasteiger partial charge < -0.3 is 11.1 Å². The van der Waals surface area contributed by atoms with E-state index in [0.717, 1.165) is 31.0 Å². The highest BCUT2D eigenvalue weighted by molar-refractivity contribution is 5.40. The van der Waals surface area contributed by atoms with Crippen LogP contribution in [0, 0.1) is 0 Å². The van der Waals surface area contributed by atoms with E-state index >= 15 is 0 Å². The average Bonchev–Trinajstić information content (AvgIpc) is 2.43. The molecule has 0 aromatic carbocycles. The van der Waals surface area contributed by atoms with Crippen molar-refractivity contribution in [3.05, 3.63) is 11.9 Å². The molecule has 0 spiro atoms. The molecule has 4 nitrogen and oxygen atoms in total. The molecule has 0 aliphatic heterocycles. The zero-order valence-electron chi connectivity index (χ0n) is 7.67. The maximum Gasteiger partial charge on any atom is 0.0751 e. The second-order valence-electron chi connectivity index (χ2n) is 2.64. The Morgan fingerprint density at radius 2 is 2.33 bits per heavy atom. The first-order valence-corrected chi connectivity index (χ1v) is 4.30. The molecule has 0 saturated carbocycles. The largest absolute Gasteiger partial charge is 0.396 e. The SMILES string of the molecule is CCNCc1c(N)cnn1CC. The minimum absolute atomic E-state index is 0.776. The van der Waals surface area contributed by atoms with Crippen molar-refractivity contribution in [1.29, 1.82) is 0 Å². The van der Waals surface area contributed by atoms with Crippen LogP contribution in [0.2, 0.25) is 0 Å². The number of hydrogen-bond donors (Lipinski definition) is 2. The fraction of sp³-hybridized carbons (Fsp3) is 0.625. The van der Waals surface area contributed by atoms with Crippen LogP contribution in [-0.2, 0) is 13.1 Å². The van der Waals surface area contributed by atoms with Gasteiger partial charge in [-0.1, -0.05) is 6.92 Å². The number of nitrogens with zero attached hydrogens (tertiary/aromatic N) is 2. The minimum Gasteiger partial charge on any atom is -0.396 e. The molecule has 1 aromatic rings. The number of aryl methyl sites for hydroxylation is 1. The molecule has 0 bridgehead atoms. The Balaban J connectivity index is 2.72. The molecule has 0 aliphatic rings. The van der Waals surface area contributed by atoms with E-state index < -0.39 is 0 Å². The zero-order chi connectivity index (χ0) is 8.97. The van der Waals surface area contributed by atoms with Crippen LogP contribution in [0.1, 0.15) is 19.5 Å². The summed E-state index contributed by atoms with van der Waals surface area (Å²) in [5.41, 5.74) is 7.59. The number of nitrogens with one attached hydrogen (secondary N) is 1. The van der Waals surface area contributed by atoms with Crippen molar-refractivity contribution >= 4 is 5.69 Å². The van der Waals surface area contributed by atoms with Crippen molar-refractivity contribution in [2.24, 2.45) is 0 Å². The van der Waals surface area contributed by atoms with Gasteiger partial charge in [0, 0.05) is 13.1 Å². The molecule has 0 amide bonds. The molecule has 0 aliphatic carbocycles. The molecular weight excluding hydrogens is 152 g/mol. The van der Waals surface area contributed by atoms with Gasteiger partial charge in [-0.2, -0.15) is 5.10 Å². The van der Waals surface area contributed by atoms with E-state index in [0.29, 0.717) is 0 Å². The van der Waals surface area contributed by atoms with Crippen LogP contribution in [0.3, 0.4) is 0 Å². The molecule has 68 valence electrons. The van der Waals surface area contributed by atoms with Gasteiger partial charge in [-0.05, 0) is 13.5 Å². The van der Waals surface area contributed by atoms with Gasteiger partial charge >= 0.3 is 0 Å². The molecule has 3 N–H and O–H groups in total. The van der Waals surface area contributed by atoms with Crippen molar-refractivity contribution in [3.8, 4) is 0 Å². The van der Waals surface area contributed by atoms with Crippen LogP contribution >= 0.6 is 0 Å². The minimum atomic E-state index is 0.776. The number of aromatic nitrogens is 2. The second kappa shape index (κ2) is 4.11. The number of rotatable bonds is 4. The van der Waals surface area contributed by atoms with Gasteiger partial charge in [0.1, 0.15) is 0 Å². The molecule has 4 heteroatoms. The van der Waals surface area contributed by atoms with E-state index in [1.54, 1.807) is 6.20 Å². The third-order valence-electron chi connectivity index (χ3n) is 1.82. The summed E-state index contributed by atoms with van der Waals surface area (Å²) in [6.45, 7) is 6.76. The summed E-state index contributed by atoms with van der Waals surface area (Å²) in [6.07, 6.45) is 1.70. The van der Waals surface area contributed by atoms with Crippen molar-refractivity contribution < 1.29 is 0 Å². The first-order chi connectivity index (χ1) is 5.79. The Bertz CT molecular complexity index is 241. The monoisotopic (exact) mass is 168 g/mol. The number of nitrogen functional groups attached to an aromatic ring is 1. The van der Waals surface area contributed by atoms with Crippen LogP contribution in [0.4, 0.5) is 5.69 Å². The lowest BCUT2D eigenvalue weighted by Crippen LogP contribution is -2.16. The zero-order valence-corrected chi connectivity index (χ0v) is 7.67. The molecule has 0 unspecified atom stereocenters. The maximum absolute atomic E-state index is 5.73. The van der Waals surface area contributed by atoms with Crippen LogP contribution in [0.15, 0.2) is 6.20 Å². The standard InChI is InChI=1S/C8H16N4/c1-3-10-6-8-7(9)5-11-12(8)4-2/h5,10H,3-4,6,9H2,1-2H3. The predicted octanol–water partition coefficient (Wildman–Crippen LogP) is 0.595. The summed E-state index contributed by atoms with van der Waals surface area (Å²) >= 11 is 0. The van der Waals surface area contributed by atoms with Gasteiger partial charge in [0.25, 0.3) is 0 Å². The van der Waals surface area contributed by atoms with Gasteiger partial charge in [-0.3, -0.25) is 4.68 Å². The van der Waals surface area contributed by atoms with Gasteiger partial charge in [0.15, 0.2) is 0 Å². The molecule has 1 aromatic heterocycles. The Labute approximate surface area is 72.8 Å². The normalized spacial score (nSPS) is 10.5. The predicted molar refractivity (Wildman–Crippen MR) is 49.7 cm³/mol. The summed E-state index contributed by atoms with van der Waals surface area (Å²) in [5, 5.41) is 7.36. The summed E-state index contributed by atoms with van der Waals surface area (Å²) in [7, 11) is 0. The fourth-order valence-electron chi connectivity index (χ4n) is 1.13. The van der Waals surface area contributed by atoms with Crippen molar-refractivity contribution in [1.82, 2.24) is 15.1 Å². The van der Waals surface area contributed by atoms with E-state index in [4.69, 9.17) is 5.73 Å². The van der Waals surface area contributed by atoms with Gasteiger partial charge in [-0.25, -0.2) is 0 Å². The Morgan fingerprint density at radius 3 is 2.92 bits per heavy atom. The van der Waals surface area contributed by atoms with Gasteiger partial charge in [0.05, 0.1) is 17.6 Å². The van der Waals surface area contributed by atoms with Crippen LogP contribution < -0.4 is 11.1 Å². The number of anilines is 1. The lowest BCUT2D eigenvalue weighted by molar-refractivity contribution is 0.591. The first-order valence-electron chi connectivity index (χ1n) is 4.30. The molecule has 0 atom stereocenters. The maximum atomic E-state index is 5.73. The quantitative estimate of drug-likeness (QED) is 0.692. The molecule has 0 fully saturated rings. The van der Waals surface area contributed by atoms with Crippen molar-refractivity contribution in [3.63, 3.8) is 0 Å². The highest BCUT2D eigenvalue weighted by Gasteiger charge is 2.04. The summed E-state index contributed by atoms with van der Waals surface area (Å²) in [4.78, 5) is 0. The molecular formula is C8H16N4. The average molecular weight is 168 g/mol. The van der Waals surface area contributed by atoms with Crippen molar-refractivity contribution in [2.75, 3.05) is 12.3 Å². The molecule has 1 heterocycles. The van der Waals surface area contributed by atoms with E-state index in [9.17, 15) is 0 Å². The third-order valence-corrected chi connectivity index (χ3v) is 1.82. The summed E-state index contributed by atoms with van der Waals surface area (Å²) in [5.74, 6) is 0. The van der Waals surface area contributed by atoms with E-state index in [-0.39, 0.29) is 0 Å². The Morgan fingerprint density at radius 1 is 1.58 bits per heavy atom. The molecule has 12 heavy (non-hydrogen) atoms. The van der Waals surface area contributed by atoms with E-state index in [1.807, 2.05) is 4.68 Å². The van der Waals surface area contributed by atoms with E-state index in [2.05, 4.69) is 24.3 Å². The lowest BCUT2D eigenvalue weighted by atomic mass is 10.3. The fourth-order valence-corrected chi connectivity index (χ4v) is 1.13. The topological polar surface area (TPSA) is 55.9 Å². The summed E-state index contributed by atoms with van der Waals surface area (Å²) in [6, 6.07) is 0. The van der Waals surface area contributed by atoms with Crippen LogP contribution in [-0.4, -0.2) is 16.3 Å². The molecule has 1 rings (SSSR count). The lowest BCUT2D eigenvalue weighted by Gasteiger charge is -2.05. The third kappa shape index (κ3) is 1.76. The second-order valence-corrected chi connectivity index (χ2v) is 2.64. The van der Waals surface area contributed by atoms with Gasteiger partial charge in [0.2, 0.25) is 0 Å². The van der Waals surface area contributed by atoms with Gasteiger partial charge in [-0.15, -0.1) is 0 Å². The molecule has 0 radical (unpaired) electrons. The molecule has 0 saturated heterocycles. The van der Waals surface area contributed by atoms with Crippen molar-refractivity contribution in [2.45, 2.75) is 26.9 Å². The number of hydrogen-bond acceptors (Lipinski definition) is 3. The van der Waals surface area contributed by atoms with Crippen LogP contribution in [0.25, 0.3) is 0 Å². The summed E-state index contributed by atoms with van der Waals surface area (Å²) < 4.78 is 1.91. The highest BCUT2D eigenvalue weighted by Crippen LogP contribution is 2.09. The smallest absolute Gasteiger partial charge is 0.0751 e. The van der Waals surface area contributed by atoms with E-state index in [1.165, 1.54) is 0 Å².